The zero-order valence-corrected chi connectivity index (χ0v) is 16.4. The number of ether oxygens (including phenoxy) is 1. The van der Waals surface area contributed by atoms with Crippen LogP contribution in [0.15, 0.2) is 47.4 Å². The number of para-hydroxylation sites is 1. The summed E-state index contributed by atoms with van der Waals surface area (Å²) >= 11 is 0. The lowest BCUT2D eigenvalue weighted by molar-refractivity contribution is -0.117. The molecule has 1 amide bonds. The van der Waals surface area contributed by atoms with Crippen LogP contribution in [0.5, 0.6) is 0 Å². The first-order valence-corrected chi connectivity index (χ1v) is 10.5. The summed E-state index contributed by atoms with van der Waals surface area (Å²) in [5.41, 5.74) is 2.62. The number of carbonyl (C=O) groups excluding carboxylic acids is 1. The van der Waals surface area contributed by atoms with Crippen LogP contribution >= 0.6 is 0 Å². The van der Waals surface area contributed by atoms with Gasteiger partial charge in [0.15, 0.2) is 0 Å². The van der Waals surface area contributed by atoms with Gasteiger partial charge in [0.2, 0.25) is 5.91 Å². The minimum Gasteiger partial charge on any atom is -0.377 e. The van der Waals surface area contributed by atoms with E-state index in [1.165, 1.54) is 0 Å². The Labute approximate surface area is 160 Å². The number of hydrogen-bond acceptors (Lipinski definition) is 4. The zero-order chi connectivity index (χ0) is 19.4. The molecule has 1 heterocycles. The highest BCUT2D eigenvalue weighted by molar-refractivity contribution is 7.92. The SMILES string of the molecule is CCOCc1ccccc1NS(=O)(=O)c1ccc(N2CCCC2=O)cc1C. The number of aryl methyl sites for hydroxylation is 1. The molecule has 2 aromatic rings. The maximum atomic E-state index is 12.9. The van der Waals surface area contributed by atoms with E-state index in [0.717, 1.165) is 17.7 Å². The lowest BCUT2D eigenvalue weighted by Crippen LogP contribution is -2.24. The quantitative estimate of drug-likeness (QED) is 0.788. The van der Waals surface area contributed by atoms with E-state index < -0.39 is 10.0 Å². The van der Waals surface area contributed by atoms with Gasteiger partial charge in [0.25, 0.3) is 10.0 Å². The van der Waals surface area contributed by atoms with Crippen LogP contribution in [0.1, 0.15) is 30.9 Å². The van der Waals surface area contributed by atoms with Crippen molar-refractivity contribution >= 4 is 27.3 Å². The third-order valence-corrected chi connectivity index (χ3v) is 6.08. The van der Waals surface area contributed by atoms with Gasteiger partial charge < -0.3 is 9.64 Å². The van der Waals surface area contributed by atoms with Crippen LogP contribution < -0.4 is 9.62 Å². The molecular weight excluding hydrogens is 364 g/mol. The standard InChI is InChI=1S/C20H24N2O4S/c1-3-26-14-16-7-4-5-8-18(16)21-27(24,25)19-11-10-17(13-15(19)2)22-12-6-9-20(22)23/h4-5,7-8,10-11,13,21H,3,6,9,12,14H2,1-2H3. The lowest BCUT2D eigenvalue weighted by Gasteiger charge is -2.18. The van der Waals surface area contributed by atoms with Crippen LogP contribution in [0.25, 0.3) is 0 Å². The number of hydrogen-bond donors (Lipinski definition) is 1. The van der Waals surface area contributed by atoms with E-state index >= 15 is 0 Å². The van der Waals surface area contributed by atoms with Crippen molar-refractivity contribution < 1.29 is 17.9 Å². The molecule has 3 rings (SSSR count). The normalized spacial score (nSPS) is 14.6. The average molecular weight is 388 g/mol. The van der Waals surface area contributed by atoms with E-state index in [4.69, 9.17) is 4.74 Å². The minimum atomic E-state index is -3.75. The Balaban J connectivity index is 1.86. The number of nitrogens with one attached hydrogen (secondary N) is 1. The van der Waals surface area contributed by atoms with Crippen molar-refractivity contribution in [3.05, 3.63) is 53.6 Å². The van der Waals surface area contributed by atoms with Gasteiger partial charge in [0, 0.05) is 30.8 Å². The van der Waals surface area contributed by atoms with Crippen LogP contribution in [0.3, 0.4) is 0 Å². The van der Waals surface area contributed by atoms with Crippen molar-refractivity contribution in [2.24, 2.45) is 0 Å². The first-order valence-electron chi connectivity index (χ1n) is 9.02. The lowest BCUT2D eigenvalue weighted by atomic mass is 10.2. The van der Waals surface area contributed by atoms with Gasteiger partial charge in [-0.3, -0.25) is 9.52 Å². The Morgan fingerprint density at radius 2 is 1.96 bits per heavy atom. The molecule has 1 fully saturated rings. The molecular formula is C20H24N2O4S. The van der Waals surface area contributed by atoms with Crippen molar-refractivity contribution in [2.45, 2.75) is 38.2 Å². The molecule has 1 aliphatic heterocycles. The molecule has 0 unspecified atom stereocenters. The van der Waals surface area contributed by atoms with E-state index in [1.54, 1.807) is 42.2 Å². The maximum Gasteiger partial charge on any atom is 0.262 e. The highest BCUT2D eigenvalue weighted by atomic mass is 32.2. The van der Waals surface area contributed by atoms with Crippen LogP contribution in [0.4, 0.5) is 11.4 Å². The number of carbonyl (C=O) groups is 1. The number of nitrogens with zero attached hydrogens (tertiary/aromatic N) is 1. The van der Waals surface area contributed by atoms with E-state index in [0.29, 0.717) is 37.4 Å². The number of sulfonamides is 1. The summed E-state index contributed by atoms with van der Waals surface area (Å²) in [4.78, 5) is 13.8. The Bertz CT molecular complexity index is 941. The predicted molar refractivity (Wildman–Crippen MR) is 105 cm³/mol. The van der Waals surface area contributed by atoms with Gasteiger partial charge in [0.05, 0.1) is 17.2 Å². The molecule has 2 aromatic carbocycles. The zero-order valence-electron chi connectivity index (χ0n) is 15.6. The van der Waals surface area contributed by atoms with Gasteiger partial charge in [-0.2, -0.15) is 0 Å². The summed E-state index contributed by atoms with van der Waals surface area (Å²) in [6.45, 7) is 5.20. The van der Waals surface area contributed by atoms with Crippen molar-refractivity contribution in [3.63, 3.8) is 0 Å². The van der Waals surface area contributed by atoms with Crippen molar-refractivity contribution in [1.29, 1.82) is 0 Å². The fourth-order valence-electron chi connectivity index (χ4n) is 3.18. The number of benzene rings is 2. The van der Waals surface area contributed by atoms with E-state index in [9.17, 15) is 13.2 Å². The molecule has 0 aliphatic carbocycles. The Kier molecular flexibility index (Phi) is 5.82. The largest absolute Gasteiger partial charge is 0.377 e. The molecule has 0 radical (unpaired) electrons. The molecule has 27 heavy (non-hydrogen) atoms. The molecule has 0 aromatic heterocycles. The molecule has 1 saturated heterocycles. The van der Waals surface area contributed by atoms with Gasteiger partial charge in [-0.1, -0.05) is 18.2 Å². The smallest absolute Gasteiger partial charge is 0.262 e. The van der Waals surface area contributed by atoms with E-state index in [1.807, 2.05) is 19.1 Å². The van der Waals surface area contributed by atoms with Gasteiger partial charge in [0.1, 0.15) is 0 Å². The van der Waals surface area contributed by atoms with Gasteiger partial charge in [-0.25, -0.2) is 8.42 Å². The predicted octanol–water partition coefficient (Wildman–Crippen LogP) is 3.46. The summed E-state index contributed by atoms with van der Waals surface area (Å²) in [5.74, 6) is 0.0768. The first-order chi connectivity index (χ1) is 12.9. The molecule has 1 N–H and O–H groups in total. The average Bonchev–Trinajstić information content (AvgIpc) is 3.06. The second-order valence-electron chi connectivity index (χ2n) is 6.50. The third kappa shape index (κ3) is 4.31. The highest BCUT2D eigenvalue weighted by Gasteiger charge is 2.24. The monoisotopic (exact) mass is 388 g/mol. The summed E-state index contributed by atoms with van der Waals surface area (Å²) in [5, 5.41) is 0. The number of anilines is 2. The van der Waals surface area contributed by atoms with Crippen molar-refractivity contribution in [3.8, 4) is 0 Å². The van der Waals surface area contributed by atoms with Crippen LogP contribution in [0.2, 0.25) is 0 Å². The number of rotatable bonds is 7. The molecule has 144 valence electrons. The fourth-order valence-corrected chi connectivity index (χ4v) is 4.51. The second-order valence-corrected chi connectivity index (χ2v) is 8.15. The second kappa shape index (κ2) is 8.10. The molecule has 1 aliphatic rings. The van der Waals surface area contributed by atoms with Crippen LogP contribution in [-0.2, 0) is 26.2 Å². The van der Waals surface area contributed by atoms with Gasteiger partial charge in [-0.05, 0) is 50.1 Å². The molecule has 6 nitrogen and oxygen atoms in total. The Hall–Kier alpha value is -2.38. The molecule has 7 heteroatoms. The fraction of sp³-hybridized carbons (Fsp3) is 0.350. The summed E-state index contributed by atoms with van der Waals surface area (Å²) in [6.07, 6.45) is 1.37. The molecule has 0 saturated carbocycles. The van der Waals surface area contributed by atoms with Crippen molar-refractivity contribution in [1.82, 2.24) is 0 Å². The molecule has 0 bridgehead atoms. The van der Waals surface area contributed by atoms with E-state index in [-0.39, 0.29) is 10.8 Å². The number of amides is 1. The highest BCUT2D eigenvalue weighted by Crippen LogP contribution is 2.28. The molecule has 0 spiro atoms. The van der Waals surface area contributed by atoms with E-state index in [2.05, 4.69) is 4.72 Å². The first kappa shape index (κ1) is 19.4. The van der Waals surface area contributed by atoms with Crippen LogP contribution in [-0.4, -0.2) is 27.5 Å². The summed E-state index contributed by atoms with van der Waals surface area (Å²) in [7, 11) is -3.75. The summed E-state index contributed by atoms with van der Waals surface area (Å²) in [6, 6.07) is 12.2. The van der Waals surface area contributed by atoms with Crippen molar-refractivity contribution in [2.75, 3.05) is 22.8 Å². The third-order valence-electron chi connectivity index (χ3n) is 4.56. The minimum absolute atomic E-state index is 0.0768. The Morgan fingerprint density at radius 1 is 1.19 bits per heavy atom. The van der Waals surface area contributed by atoms with Gasteiger partial charge in [-0.15, -0.1) is 0 Å². The molecule has 0 atom stereocenters. The van der Waals surface area contributed by atoms with Gasteiger partial charge >= 0.3 is 0 Å². The van der Waals surface area contributed by atoms with Crippen LogP contribution in [0, 0.1) is 6.92 Å². The Morgan fingerprint density at radius 3 is 2.63 bits per heavy atom. The maximum absolute atomic E-state index is 12.9. The topological polar surface area (TPSA) is 75.7 Å². The summed E-state index contributed by atoms with van der Waals surface area (Å²) < 4.78 is 33.9.